The second-order valence-electron chi connectivity index (χ2n) is 7.67. The molecule has 1 aromatic heterocycles. The number of nitrogens with zero attached hydrogens (tertiary/aromatic N) is 3. The number of aromatic nitrogens is 2. The van der Waals surface area contributed by atoms with Crippen LogP contribution in [0.25, 0.3) is 22.5 Å². The Morgan fingerprint density at radius 3 is 1.59 bits per heavy atom. The molecule has 3 aromatic carbocycles. The normalized spacial score (nSPS) is 10.8. The molecule has 0 radical (unpaired) electrons. The van der Waals surface area contributed by atoms with Crippen LogP contribution in [0.3, 0.4) is 0 Å². The second kappa shape index (κ2) is 11.9. The van der Waals surface area contributed by atoms with Crippen LogP contribution in [0.1, 0.15) is 16.7 Å². The fourth-order valence-corrected chi connectivity index (χ4v) is 4.90. The van der Waals surface area contributed by atoms with E-state index >= 15 is 0 Å². The van der Waals surface area contributed by atoms with Crippen molar-refractivity contribution in [3.05, 3.63) is 99.4 Å². The molecule has 1 heterocycles. The van der Waals surface area contributed by atoms with Gasteiger partial charge in [-0.25, -0.2) is 0 Å². The van der Waals surface area contributed by atoms with E-state index in [0.29, 0.717) is 0 Å². The van der Waals surface area contributed by atoms with E-state index in [4.69, 9.17) is 0 Å². The molecule has 0 unspecified atom stereocenters. The predicted octanol–water partition coefficient (Wildman–Crippen LogP) is 7.58. The van der Waals surface area contributed by atoms with Gasteiger partial charge < -0.3 is 0 Å². The van der Waals surface area contributed by atoms with Gasteiger partial charge in [0.05, 0.1) is 0 Å². The molecule has 0 atom stereocenters. The van der Waals surface area contributed by atoms with Crippen LogP contribution in [0.4, 0.5) is 0 Å². The number of benzene rings is 3. The van der Waals surface area contributed by atoms with Crippen LogP contribution >= 0.6 is 45.7 Å². The summed E-state index contributed by atoms with van der Waals surface area (Å²) in [7, 11) is 4.24. The molecule has 0 bridgehead atoms. The molecule has 3 nitrogen and oxygen atoms in total. The molecule has 0 saturated heterocycles. The molecule has 0 aliphatic heterocycles. The van der Waals surface area contributed by atoms with Crippen LogP contribution in [0, 0.1) is 17.7 Å². The number of imidazole rings is 1. The summed E-state index contributed by atoms with van der Waals surface area (Å²) >= 11 is 6.95. The topological polar surface area (TPSA) is 13.1 Å². The van der Waals surface area contributed by atoms with Crippen molar-refractivity contribution in [2.75, 3.05) is 0 Å². The van der Waals surface area contributed by atoms with Gasteiger partial charge in [-0.05, 0) is 30.5 Å². The molecule has 4 rings (SSSR count). The van der Waals surface area contributed by atoms with E-state index in [0.717, 1.165) is 6.54 Å². The third-order valence-electron chi connectivity index (χ3n) is 5.38. The van der Waals surface area contributed by atoms with E-state index in [1.165, 1.54) is 43.0 Å². The molecule has 0 saturated carbocycles. The molecular formula is C26H27I2N3Pt. The number of hydrogen-bond acceptors (Lipinski definition) is 1. The van der Waals surface area contributed by atoms with Gasteiger partial charge in [0, 0.05) is 52.3 Å². The molecule has 0 spiro atoms. The number of rotatable bonds is 4. The zero-order valence-corrected chi connectivity index (χ0v) is 25.2. The molecule has 0 N–H and O–H groups in total. The summed E-state index contributed by atoms with van der Waals surface area (Å²) in [5.74, 6) is 0. The van der Waals surface area contributed by atoms with Crippen LogP contribution in [0.15, 0.2) is 78.9 Å². The van der Waals surface area contributed by atoms with E-state index in [2.05, 4.69) is 182 Å². The van der Waals surface area contributed by atoms with Gasteiger partial charge in [0.15, 0.2) is 0 Å². The Balaban J connectivity index is 0.000000207. The summed E-state index contributed by atoms with van der Waals surface area (Å²) in [6.45, 7) is 5.30. The van der Waals surface area contributed by atoms with Gasteiger partial charge in [0.2, 0.25) is 0 Å². The Hall–Kier alpha value is -1.02. The summed E-state index contributed by atoms with van der Waals surface area (Å²) in [5, 5.41) is 0. The van der Waals surface area contributed by atoms with Crippen LogP contribution in [-0.2, 0) is 40.0 Å². The molecule has 4 aromatic rings. The SMILES string of the molecule is Cc1ccc(CN(I)I)cc1C.Cn1c(-c2ccccc2)c(-c2ccccc2)n(C)[c]1=[Pt]. The van der Waals surface area contributed by atoms with Crippen LogP contribution in [0.2, 0.25) is 0 Å². The first-order chi connectivity index (χ1) is 15.3. The average molecular weight is 830 g/mol. The van der Waals surface area contributed by atoms with Gasteiger partial charge in [0.1, 0.15) is 0 Å². The molecule has 0 aliphatic rings. The van der Waals surface area contributed by atoms with Gasteiger partial charge in [-0.15, -0.1) is 0 Å². The minimum absolute atomic E-state index is 1.00. The van der Waals surface area contributed by atoms with Gasteiger partial charge >= 0.3 is 130 Å². The Morgan fingerprint density at radius 2 is 1.19 bits per heavy atom. The molecule has 32 heavy (non-hydrogen) atoms. The van der Waals surface area contributed by atoms with Gasteiger partial charge in [-0.2, -0.15) is 1.33 Å². The summed E-state index contributed by atoms with van der Waals surface area (Å²) in [4.78, 5) is 0. The van der Waals surface area contributed by atoms with Gasteiger partial charge in [-0.3, -0.25) is 0 Å². The fraction of sp³-hybridized carbons (Fsp3) is 0.192. The molecular weight excluding hydrogens is 803 g/mol. The van der Waals surface area contributed by atoms with E-state index in [1.807, 2.05) is 0 Å². The second-order valence-corrected chi connectivity index (χ2v) is 12.9. The summed E-state index contributed by atoms with van der Waals surface area (Å²) in [5.41, 5.74) is 9.12. The van der Waals surface area contributed by atoms with Gasteiger partial charge in [-0.1, -0.05) is 18.2 Å². The Labute approximate surface area is 229 Å². The summed E-state index contributed by atoms with van der Waals surface area (Å²) < 4.78 is 7.83. The summed E-state index contributed by atoms with van der Waals surface area (Å²) in [6.07, 6.45) is 0. The van der Waals surface area contributed by atoms with E-state index in [9.17, 15) is 0 Å². The maximum atomic E-state index is 2.38. The minimum atomic E-state index is 1.00. The van der Waals surface area contributed by atoms with E-state index in [-0.39, 0.29) is 0 Å². The molecule has 170 valence electrons. The van der Waals surface area contributed by atoms with Gasteiger partial charge in [0.25, 0.3) is 0 Å². The molecule has 0 aliphatic carbocycles. The van der Waals surface area contributed by atoms with Crippen molar-refractivity contribution in [3.8, 4) is 22.5 Å². The fourth-order valence-electron chi connectivity index (χ4n) is 3.61. The first-order valence-electron chi connectivity index (χ1n) is 10.3. The monoisotopic (exact) mass is 830 g/mol. The quantitative estimate of drug-likeness (QED) is 0.153. The molecule has 6 heteroatoms. The van der Waals surface area contributed by atoms with Crippen molar-refractivity contribution in [2.24, 2.45) is 14.1 Å². The first kappa shape index (κ1) is 25.6. The van der Waals surface area contributed by atoms with Crippen molar-refractivity contribution >= 4 is 45.7 Å². The molecule has 0 amide bonds. The summed E-state index contributed by atoms with van der Waals surface area (Å²) in [6, 6.07) is 27.7. The van der Waals surface area contributed by atoms with Crippen molar-refractivity contribution < 1.29 is 19.4 Å². The van der Waals surface area contributed by atoms with Crippen LogP contribution < -0.4 is 0 Å². The predicted molar refractivity (Wildman–Crippen MR) is 148 cm³/mol. The maximum absolute atomic E-state index is 2.38. The van der Waals surface area contributed by atoms with E-state index in [1.54, 1.807) is 0 Å². The van der Waals surface area contributed by atoms with E-state index < -0.39 is 0 Å². The zero-order chi connectivity index (χ0) is 23.3. The standard InChI is InChI=1S/C17H16N2.C9H11I2N.Pt/c1-18-13-19(2)17(15-11-7-4-8-12-15)16(18)14-9-5-3-6-10-14;1-7-3-4-9(5-8(7)2)6-12(10)11;/h3-12H,1-2H3;3-5H,6H2,1-2H3;. The molecule has 0 fully saturated rings. The van der Waals surface area contributed by atoms with Crippen molar-refractivity contribution in [3.63, 3.8) is 0 Å². The van der Waals surface area contributed by atoms with Crippen molar-refractivity contribution in [2.45, 2.75) is 20.4 Å². The van der Waals surface area contributed by atoms with Crippen LogP contribution in [-0.4, -0.2) is 10.5 Å². The average Bonchev–Trinajstić information content (AvgIpc) is 3.01. The number of hydrogen-bond donors (Lipinski definition) is 0. The first-order valence-corrected chi connectivity index (χ1v) is 13.3. The van der Waals surface area contributed by atoms with Crippen molar-refractivity contribution in [1.29, 1.82) is 0 Å². The van der Waals surface area contributed by atoms with Crippen LogP contribution in [0.5, 0.6) is 0 Å². The third-order valence-corrected chi connectivity index (χ3v) is 7.58. The zero-order valence-electron chi connectivity index (χ0n) is 18.6. The Bertz CT molecular complexity index is 1160. The Morgan fingerprint density at radius 1 is 0.719 bits per heavy atom. The third kappa shape index (κ3) is 6.31. The number of halogens is 2. The Kier molecular flexibility index (Phi) is 9.53. The van der Waals surface area contributed by atoms with Crippen molar-refractivity contribution in [1.82, 2.24) is 10.5 Å². The number of aryl methyl sites for hydroxylation is 2.